The van der Waals surface area contributed by atoms with Crippen LogP contribution < -0.4 is 0 Å². The minimum atomic E-state index is 1.63. The Kier molecular flexibility index (Phi) is 0.819. The Morgan fingerprint density at radius 1 is 1.17 bits per heavy atom. The molecule has 0 atom stereocenters. The molecule has 0 radical (unpaired) electrons. The standard InChI is InChI=1S/C4H3N2/c1-2-5-4-6-3-1/h1-3H/q-1. The van der Waals surface area contributed by atoms with Crippen molar-refractivity contribution in [2.45, 2.75) is 0 Å². The highest BCUT2D eigenvalue weighted by atomic mass is 14.8. The summed E-state index contributed by atoms with van der Waals surface area (Å²) >= 11 is 0. The minimum Gasteiger partial charge on any atom is -0.374 e. The van der Waals surface area contributed by atoms with E-state index in [0.29, 0.717) is 0 Å². The molecule has 1 aromatic heterocycles. The van der Waals surface area contributed by atoms with E-state index in [1.54, 1.807) is 18.5 Å². The van der Waals surface area contributed by atoms with Crippen molar-refractivity contribution in [1.82, 2.24) is 9.97 Å². The zero-order valence-corrected chi connectivity index (χ0v) is 3.13. The fraction of sp³-hybridized carbons (Fsp3) is 0. The third kappa shape index (κ3) is 0.516. The molecule has 0 aliphatic rings. The Labute approximate surface area is 35.9 Å². The van der Waals surface area contributed by atoms with Gasteiger partial charge in [-0.1, -0.05) is 12.4 Å². The second-order valence-electron chi connectivity index (χ2n) is 0.849. The van der Waals surface area contributed by atoms with Gasteiger partial charge in [-0.2, -0.15) is 0 Å². The predicted octanol–water partition coefficient (Wildman–Crippen LogP) is 0.277. The van der Waals surface area contributed by atoms with Crippen molar-refractivity contribution in [3.8, 4) is 0 Å². The molecule has 0 amide bonds. The van der Waals surface area contributed by atoms with Gasteiger partial charge in [-0.25, -0.2) is 0 Å². The lowest BCUT2D eigenvalue weighted by molar-refractivity contribution is 1.15. The lowest BCUT2D eigenvalue weighted by Crippen LogP contribution is -1.68. The molecule has 0 N–H and O–H groups in total. The Balaban J connectivity index is 3.00. The molecule has 0 spiro atoms. The molecular formula is C4H3N2-. The summed E-state index contributed by atoms with van der Waals surface area (Å²) in [5.41, 5.74) is 0. The quantitative estimate of drug-likeness (QED) is 0.417. The first-order valence-electron chi connectivity index (χ1n) is 1.63. The van der Waals surface area contributed by atoms with E-state index < -0.39 is 0 Å². The van der Waals surface area contributed by atoms with Crippen molar-refractivity contribution in [3.05, 3.63) is 24.8 Å². The lowest BCUT2D eigenvalue weighted by Gasteiger charge is -1.81. The van der Waals surface area contributed by atoms with Crippen LogP contribution in [0.5, 0.6) is 0 Å². The Bertz CT molecular complexity index is 77.5. The first-order chi connectivity index (χ1) is 3.00. The van der Waals surface area contributed by atoms with Gasteiger partial charge in [-0.05, 0) is 0 Å². The van der Waals surface area contributed by atoms with Gasteiger partial charge in [-0.3, -0.25) is 0 Å². The van der Waals surface area contributed by atoms with Crippen LogP contribution >= 0.6 is 0 Å². The van der Waals surface area contributed by atoms with Crippen LogP contribution in [0.2, 0.25) is 0 Å². The summed E-state index contributed by atoms with van der Waals surface area (Å²) in [6.07, 6.45) is 5.66. The summed E-state index contributed by atoms with van der Waals surface area (Å²) in [5.74, 6) is 0. The zero-order valence-electron chi connectivity index (χ0n) is 3.13. The average Bonchev–Trinajstić information content (AvgIpc) is 1.72. The van der Waals surface area contributed by atoms with E-state index in [0.717, 1.165) is 0 Å². The van der Waals surface area contributed by atoms with E-state index in [1.165, 1.54) is 0 Å². The summed E-state index contributed by atoms with van der Waals surface area (Å²) < 4.78 is 0. The molecule has 0 fully saturated rings. The van der Waals surface area contributed by atoms with E-state index in [1.807, 2.05) is 0 Å². The maximum Gasteiger partial charge on any atom is 0.0213 e. The second kappa shape index (κ2) is 1.50. The van der Waals surface area contributed by atoms with Crippen molar-refractivity contribution in [3.63, 3.8) is 0 Å². The van der Waals surface area contributed by atoms with Gasteiger partial charge in [-0.15, -0.1) is 6.07 Å². The molecule has 0 aliphatic carbocycles. The van der Waals surface area contributed by atoms with Gasteiger partial charge in [0.05, 0.1) is 0 Å². The number of hydrogen-bond donors (Lipinski definition) is 0. The fourth-order valence-electron chi connectivity index (χ4n) is 0.225. The van der Waals surface area contributed by atoms with Crippen LogP contribution in [-0.4, -0.2) is 9.97 Å². The van der Waals surface area contributed by atoms with Crippen LogP contribution in [0.1, 0.15) is 0 Å². The maximum absolute atomic E-state index is 3.55. The Morgan fingerprint density at radius 3 is 2.00 bits per heavy atom. The zero-order chi connectivity index (χ0) is 4.24. The van der Waals surface area contributed by atoms with Crippen molar-refractivity contribution in [1.29, 1.82) is 0 Å². The molecule has 1 rings (SSSR count). The number of nitrogens with zero attached hydrogens (tertiary/aromatic N) is 2. The third-order valence-corrected chi connectivity index (χ3v) is 0.437. The van der Waals surface area contributed by atoms with E-state index in [4.69, 9.17) is 0 Å². The largest absolute Gasteiger partial charge is 0.374 e. The van der Waals surface area contributed by atoms with Crippen LogP contribution in [0, 0.1) is 6.33 Å². The molecule has 30 valence electrons. The van der Waals surface area contributed by atoms with Crippen LogP contribution in [0.4, 0.5) is 0 Å². The van der Waals surface area contributed by atoms with Crippen LogP contribution in [0.3, 0.4) is 0 Å². The summed E-state index contributed by atoms with van der Waals surface area (Å²) in [6.45, 7) is 0. The minimum absolute atomic E-state index is 1.63. The maximum atomic E-state index is 3.55. The Morgan fingerprint density at radius 2 is 1.83 bits per heavy atom. The lowest BCUT2D eigenvalue weighted by atomic mass is 10.7. The van der Waals surface area contributed by atoms with Crippen molar-refractivity contribution in [2.75, 3.05) is 0 Å². The van der Waals surface area contributed by atoms with Gasteiger partial charge in [0.25, 0.3) is 0 Å². The van der Waals surface area contributed by atoms with Crippen molar-refractivity contribution in [2.24, 2.45) is 0 Å². The molecule has 0 unspecified atom stereocenters. The fourth-order valence-corrected chi connectivity index (χ4v) is 0.225. The molecule has 0 bridgehead atoms. The number of hydrogen-bond acceptors (Lipinski definition) is 2. The van der Waals surface area contributed by atoms with Crippen molar-refractivity contribution < 1.29 is 0 Å². The molecule has 6 heavy (non-hydrogen) atoms. The highest BCUT2D eigenvalue weighted by molar-refractivity contribution is 4.73. The smallest absolute Gasteiger partial charge is 0.0213 e. The monoisotopic (exact) mass is 79.0 g/mol. The van der Waals surface area contributed by atoms with Gasteiger partial charge < -0.3 is 9.97 Å². The van der Waals surface area contributed by atoms with Crippen LogP contribution in [0.15, 0.2) is 18.5 Å². The van der Waals surface area contributed by atoms with Crippen molar-refractivity contribution >= 4 is 0 Å². The van der Waals surface area contributed by atoms with Crippen LogP contribution in [-0.2, 0) is 0 Å². The molecule has 0 saturated carbocycles. The highest BCUT2D eigenvalue weighted by Crippen LogP contribution is 1.65. The van der Waals surface area contributed by atoms with Crippen LogP contribution in [0.25, 0.3) is 0 Å². The van der Waals surface area contributed by atoms with Gasteiger partial charge in [0.2, 0.25) is 0 Å². The first-order valence-corrected chi connectivity index (χ1v) is 1.63. The summed E-state index contributed by atoms with van der Waals surface area (Å²) in [5, 5.41) is 0. The van der Waals surface area contributed by atoms with Gasteiger partial charge in [0.15, 0.2) is 0 Å². The van der Waals surface area contributed by atoms with E-state index in [-0.39, 0.29) is 0 Å². The molecular weight excluding hydrogens is 76.1 g/mol. The predicted molar refractivity (Wildman–Crippen MR) is 20.9 cm³/mol. The van der Waals surface area contributed by atoms with E-state index in [2.05, 4.69) is 16.3 Å². The topological polar surface area (TPSA) is 25.8 Å². The third-order valence-electron chi connectivity index (χ3n) is 0.437. The molecule has 0 aromatic carbocycles. The molecule has 0 aliphatic heterocycles. The second-order valence-corrected chi connectivity index (χ2v) is 0.849. The van der Waals surface area contributed by atoms with E-state index >= 15 is 0 Å². The first kappa shape index (κ1) is 3.28. The van der Waals surface area contributed by atoms with Gasteiger partial charge >= 0.3 is 0 Å². The summed E-state index contributed by atoms with van der Waals surface area (Å²) in [7, 11) is 0. The molecule has 1 aromatic rings. The molecule has 2 heteroatoms. The van der Waals surface area contributed by atoms with Gasteiger partial charge in [0.1, 0.15) is 0 Å². The molecule has 2 nitrogen and oxygen atoms in total. The summed E-state index contributed by atoms with van der Waals surface area (Å²) in [6, 6.07) is 1.75. The normalized spacial score (nSPS) is 8.00. The average molecular weight is 79.1 g/mol. The SMILES string of the molecule is [c-]1ncccn1. The van der Waals surface area contributed by atoms with E-state index in [9.17, 15) is 0 Å². The Hall–Kier alpha value is -0.920. The number of rotatable bonds is 0. The highest BCUT2D eigenvalue weighted by Gasteiger charge is 1.47. The molecule has 0 saturated heterocycles. The number of aromatic nitrogens is 2. The summed E-state index contributed by atoms with van der Waals surface area (Å²) in [4.78, 5) is 7.10. The molecule has 1 heterocycles. The van der Waals surface area contributed by atoms with Gasteiger partial charge in [0, 0.05) is 6.33 Å².